The number of allylic oxidation sites excluding steroid dienone is 2. The Morgan fingerprint density at radius 2 is 2.22 bits per heavy atom. The lowest BCUT2D eigenvalue weighted by Gasteiger charge is -1.93. The first kappa shape index (κ1) is 8.70. The zero-order valence-electron chi connectivity index (χ0n) is 6.35. The molecule has 0 aromatic carbocycles. The average molecular weight is 128 g/mol. The third-order valence-corrected chi connectivity index (χ3v) is 1.41. The van der Waals surface area contributed by atoms with Crippen molar-refractivity contribution in [2.45, 2.75) is 33.1 Å². The minimum atomic E-state index is 0.313. The zero-order chi connectivity index (χ0) is 7.11. The van der Waals surface area contributed by atoms with Crippen LogP contribution in [0.2, 0.25) is 0 Å². The van der Waals surface area contributed by atoms with Crippen LogP contribution in [0.1, 0.15) is 33.1 Å². The van der Waals surface area contributed by atoms with Crippen molar-refractivity contribution in [2.24, 2.45) is 0 Å². The summed E-state index contributed by atoms with van der Waals surface area (Å²) in [5.74, 6) is 0. The number of hydrogen-bond acceptors (Lipinski definition) is 1. The smallest absolute Gasteiger partial charge is 0.0433 e. The molecule has 1 N–H and O–H groups in total. The zero-order valence-corrected chi connectivity index (χ0v) is 6.35. The number of aliphatic hydroxyl groups excluding tert-OH is 1. The van der Waals surface area contributed by atoms with E-state index in [2.05, 4.69) is 19.9 Å². The van der Waals surface area contributed by atoms with Crippen molar-refractivity contribution in [3.05, 3.63) is 11.6 Å². The first-order valence-corrected chi connectivity index (χ1v) is 3.57. The van der Waals surface area contributed by atoms with E-state index < -0.39 is 0 Å². The lowest BCUT2D eigenvalue weighted by molar-refractivity contribution is 0.289. The predicted molar refractivity (Wildman–Crippen MR) is 40.4 cm³/mol. The lowest BCUT2D eigenvalue weighted by atomic mass is 10.2. The van der Waals surface area contributed by atoms with Gasteiger partial charge in [-0.2, -0.15) is 0 Å². The summed E-state index contributed by atoms with van der Waals surface area (Å²) in [6, 6.07) is 0. The van der Waals surface area contributed by atoms with Gasteiger partial charge in [-0.1, -0.05) is 18.6 Å². The monoisotopic (exact) mass is 128 g/mol. The Labute approximate surface area is 57.4 Å². The Morgan fingerprint density at radius 3 is 2.67 bits per heavy atom. The van der Waals surface area contributed by atoms with Crippen molar-refractivity contribution in [2.75, 3.05) is 6.61 Å². The fraction of sp³-hybridized carbons (Fsp3) is 0.750. The highest BCUT2D eigenvalue weighted by Gasteiger charge is 1.82. The van der Waals surface area contributed by atoms with Crippen molar-refractivity contribution >= 4 is 0 Å². The largest absolute Gasteiger partial charge is 0.396 e. The maximum Gasteiger partial charge on any atom is 0.0433 e. The SMILES string of the molecule is CC/C(C)=C\CCCO. The third kappa shape index (κ3) is 5.57. The Kier molecular flexibility index (Phi) is 5.64. The Morgan fingerprint density at radius 1 is 1.56 bits per heavy atom. The summed E-state index contributed by atoms with van der Waals surface area (Å²) in [4.78, 5) is 0. The highest BCUT2D eigenvalue weighted by Crippen LogP contribution is 2.00. The van der Waals surface area contributed by atoms with Crippen molar-refractivity contribution < 1.29 is 5.11 Å². The molecule has 0 saturated heterocycles. The quantitative estimate of drug-likeness (QED) is 0.454. The summed E-state index contributed by atoms with van der Waals surface area (Å²) in [5, 5.41) is 8.42. The summed E-state index contributed by atoms with van der Waals surface area (Å²) in [6.45, 7) is 4.58. The van der Waals surface area contributed by atoms with E-state index in [1.807, 2.05) is 0 Å². The average Bonchev–Trinajstić information content (AvgIpc) is 1.89. The number of hydrogen-bond donors (Lipinski definition) is 1. The van der Waals surface area contributed by atoms with Crippen LogP contribution < -0.4 is 0 Å². The van der Waals surface area contributed by atoms with E-state index in [1.54, 1.807) is 0 Å². The minimum Gasteiger partial charge on any atom is -0.396 e. The van der Waals surface area contributed by atoms with Gasteiger partial charge in [-0.25, -0.2) is 0 Å². The molecule has 0 bridgehead atoms. The fourth-order valence-corrected chi connectivity index (χ4v) is 0.584. The number of unbranched alkanes of at least 4 members (excludes halogenated alkanes) is 1. The van der Waals surface area contributed by atoms with E-state index in [0.717, 1.165) is 19.3 Å². The van der Waals surface area contributed by atoms with Crippen molar-refractivity contribution in [1.29, 1.82) is 0 Å². The van der Waals surface area contributed by atoms with Crippen LogP contribution in [0, 0.1) is 0 Å². The van der Waals surface area contributed by atoms with E-state index in [1.165, 1.54) is 5.57 Å². The first-order valence-electron chi connectivity index (χ1n) is 3.57. The van der Waals surface area contributed by atoms with Gasteiger partial charge in [0.15, 0.2) is 0 Å². The number of rotatable bonds is 4. The molecule has 0 unspecified atom stereocenters. The van der Waals surface area contributed by atoms with Gasteiger partial charge in [-0.15, -0.1) is 0 Å². The molecule has 0 aliphatic rings. The maximum atomic E-state index is 8.42. The van der Waals surface area contributed by atoms with Crippen LogP contribution in [0.15, 0.2) is 11.6 Å². The molecule has 0 heterocycles. The molecule has 0 rings (SSSR count). The lowest BCUT2D eigenvalue weighted by Crippen LogP contribution is -1.80. The second-order valence-corrected chi connectivity index (χ2v) is 2.27. The van der Waals surface area contributed by atoms with E-state index >= 15 is 0 Å². The van der Waals surface area contributed by atoms with Crippen LogP contribution in [-0.2, 0) is 0 Å². The van der Waals surface area contributed by atoms with Crippen LogP contribution in [0.3, 0.4) is 0 Å². The number of aliphatic hydroxyl groups is 1. The van der Waals surface area contributed by atoms with Crippen LogP contribution in [0.25, 0.3) is 0 Å². The summed E-state index contributed by atoms with van der Waals surface area (Å²) in [5.41, 5.74) is 1.42. The van der Waals surface area contributed by atoms with Crippen LogP contribution in [-0.4, -0.2) is 11.7 Å². The van der Waals surface area contributed by atoms with Gasteiger partial charge in [0, 0.05) is 6.61 Å². The molecule has 0 aromatic rings. The molecule has 0 radical (unpaired) electrons. The Balaban J connectivity index is 3.21. The highest BCUT2D eigenvalue weighted by atomic mass is 16.2. The molecule has 0 atom stereocenters. The normalized spacial score (nSPS) is 12.1. The molecular formula is C8H16O. The van der Waals surface area contributed by atoms with Gasteiger partial charge >= 0.3 is 0 Å². The molecule has 0 aromatic heterocycles. The molecule has 1 heteroatoms. The van der Waals surface area contributed by atoms with Gasteiger partial charge < -0.3 is 5.11 Å². The van der Waals surface area contributed by atoms with Gasteiger partial charge in [-0.3, -0.25) is 0 Å². The van der Waals surface area contributed by atoms with E-state index in [0.29, 0.717) is 6.61 Å². The van der Waals surface area contributed by atoms with Crippen molar-refractivity contribution in [1.82, 2.24) is 0 Å². The molecule has 9 heavy (non-hydrogen) atoms. The highest BCUT2D eigenvalue weighted by molar-refractivity contribution is 4.96. The van der Waals surface area contributed by atoms with Crippen molar-refractivity contribution in [3.63, 3.8) is 0 Å². The van der Waals surface area contributed by atoms with E-state index in [4.69, 9.17) is 5.11 Å². The third-order valence-electron chi connectivity index (χ3n) is 1.41. The molecule has 54 valence electrons. The van der Waals surface area contributed by atoms with E-state index in [9.17, 15) is 0 Å². The van der Waals surface area contributed by atoms with Gasteiger partial charge in [-0.05, 0) is 26.2 Å². The standard InChI is InChI=1S/C8H16O/c1-3-8(2)6-4-5-7-9/h6,9H,3-5,7H2,1-2H3/b8-6-. The van der Waals surface area contributed by atoms with Crippen LogP contribution >= 0.6 is 0 Å². The fourth-order valence-electron chi connectivity index (χ4n) is 0.584. The molecule has 0 aliphatic carbocycles. The molecule has 1 nitrogen and oxygen atoms in total. The predicted octanol–water partition coefficient (Wildman–Crippen LogP) is 2.12. The van der Waals surface area contributed by atoms with Crippen LogP contribution in [0.4, 0.5) is 0 Å². The molecule has 0 spiro atoms. The van der Waals surface area contributed by atoms with Gasteiger partial charge in [0.1, 0.15) is 0 Å². The summed E-state index contributed by atoms with van der Waals surface area (Å²) in [7, 11) is 0. The van der Waals surface area contributed by atoms with Gasteiger partial charge in [0.05, 0.1) is 0 Å². The first-order chi connectivity index (χ1) is 4.31. The molecule has 0 aliphatic heterocycles. The minimum absolute atomic E-state index is 0.313. The van der Waals surface area contributed by atoms with Gasteiger partial charge in [0.2, 0.25) is 0 Å². The second kappa shape index (κ2) is 5.83. The summed E-state index contributed by atoms with van der Waals surface area (Å²) < 4.78 is 0. The molecule has 0 fully saturated rings. The Bertz CT molecular complexity index is 84.6. The molecule has 0 saturated carbocycles. The maximum absolute atomic E-state index is 8.42. The van der Waals surface area contributed by atoms with Crippen LogP contribution in [0.5, 0.6) is 0 Å². The van der Waals surface area contributed by atoms with Gasteiger partial charge in [0.25, 0.3) is 0 Å². The second-order valence-electron chi connectivity index (χ2n) is 2.27. The van der Waals surface area contributed by atoms with Crippen molar-refractivity contribution in [3.8, 4) is 0 Å². The Hall–Kier alpha value is -0.300. The van der Waals surface area contributed by atoms with E-state index in [-0.39, 0.29) is 0 Å². The summed E-state index contributed by atoms with van der Waals surface area (Å²) >= 11 is 0. The molecule has 0 amide bonds. The topological polar surface area (TPSA) is 20.2 Å². The summed E-state index contributed by atoms with van der Waals surface area (Å²) in [6.07, 6.45) is 5.25. The molecular weight excluding hydrogens is 112 g/mol.